The standard InChI is InChI=1S/C19H20N4/c1-22-17-10-11-18(22)14-23(13-17)19-12-9-16(20-21-19)8-7-15-5-3-2-4-6-15/h2-6,9,12,17-18H,10-11,13-14H2,1H3/t17-,18+. The fourth-order valence-corrected chi connectivity index (χ4v) is 3.52. The van der Waals surface area contributed by atoms with Crippen molar-refractivity contribution in [2.24, 2.45) is 0 Å². The summed E-state index contributed by atoms with van der Waals surface area (Å²) in [5.74, 6) is 7.17. The summed E-state index contributed by atoms with van der Waals surface area (Å²) >= 11 is 0. The van der Waals surface area contributed by atoms with Crippen molar-refractivity contribution in [1.29, 1.82) is 0 Å². The Hall–Kier alpha value is -2.38. The minimum Gasteiger partial charge on any atom is -0.352 e. The van der Waals surface area contributed by atoms with Crippen LogP contribution >= 0.6 is 0 Å². The van der Waals surface area contributed by atoms with Crippen LogP contribution in [0.2, 0.25) is 0 Å². The lowest BCUT2D eigenvalue weighted by atomic mass is 10.2. The number of hydrogen-bond donors (Lipinski definition) is 0. The predicted molar refractivity (Wildman–Crippen MR) is 91.2 cm³/mol. The lowest BCUT2D eigenvalue weighted by molar-refractivity contribution is 0.211. The molecule has 2 saturated heterocycles. The van der Waals surface area contributed by atoms with E-state index in [1.54, 1.807) is 0 Å². The molecule has 116 valence electrons. The highest BCUT2D eigenvalue weighted by Gasteiger charge is 2.37. The molecule has 2 bridgehead atoms. The Balaban J connectivity index is 1.48. The first kappa shape index (κ1) is 14.2. The van der Waals surface area contributed by atoms with E-state index in [9.17, 15) is 0 Å². The molecule has 1 aromatic carbocycles. The van der Waals surface area contributed by atoms with E-state index in [0.29, 0.717) is 12.1 Å². The number of likely N-dealkylation sites (N-methyl/N-ethyl adjacent to an activating group) is 1. The number of benzene rings is 1. The summed E-state index contributed by atoms with van der Waals surface area (Å²) in [5.41, 5.74) is 1.71. The zero-order chi connectivity index (χ0) is 15.6. The van der Waals surface area contributed by atoms with E-state index in [4.69, 9.17) is 0 Å². The monoisotopic (exact) mass is 304 g/mol. The summed E-state index contributed by atoms with van der Waals surface area (Å²) in [6.07, 6.45) is 2.59. The average molecular weight is 304 g/mol. The maximum Gasteiger partial charge on any atom is 0.151 e. The molecule has 4 heteroatoms. The van der Waals surface area contributed by atoms with Gasteiger partial charge in [-0.1, -0.05) is 24.1 Å². The Morgan fingerprint density at radius 1 is 0.913 bits per heavy atom. The van der Waals surface area contributed by atoms with Crippen LogP contribution in [0.1, 0.15) is 24.1 Å². The molecule has 0 unspecified atom stereocenters. The Morgan fingerprint density at radius 3 is 2.30 bits per heavy atom. The van der Waals surface area contributed by atoms with Crippen molar-refractivity contribution < 1.29 is 0 Å². The first-order valence-corrected chi connectivity index (χ1v) is 8.17. The van der Waals surface area contributed by atoms with Gasteiger partial charge in [-0.3, -0.25) is 4.90 Å². The Kier molecular flexibility index (Phi) is 3.72. The summed E-state index contributed by atoms with van der Waals surface area (Å²) in [5, 5.41) is 8.67. The van der Waals surface area contributed by atoms with Gasteiger partial charge in [0.15, 0.2) is 5.82 Å². The van der Waals surface area contributed by atoms with Gasteiger partial charge in [0.1, 0.15) is 5.69 Å². The normalized spacial score (nSPS) is 23.4. The molecule has 0 radical (unpaired) electrons. The van der Waals surface area contributed by atoms with E-state index >= 15 is 0 Å². The predicted octanol–water partition coefficient (Wildman–Crippen LogP) is 2.16. The van der Waals surface area contributed by atoms with Crippen LogP contribution in [0.15, 0.2) is 42.5 Å². The van der Waals surface area contributed by atoms with Crippen LogP contribution < -0.4 is 4.90 Å². The second-order valence-corrected chi connectivity index (χ2v) is 6.35. The number of nitrogens with zero attached hydrogens (tertiary/aromatic N) is 4. The van der Waals surface area contributed by atoms with Crippen molar-refractivity contribution in [2.45, 2.75) is 24.9 Å². The molecule has 2 atom stereocenters. The van der Waals surface area contributed by atoms with Gasteiger partial charge in [0.2, 0.25) is 0 Å². The van der Waals surface area contributed by atoms with Gasteiger partial charge >= 0.3 is 0 Å². The maximum absolute atomic E-state index is 4.39. The summed E-state index contributed by atoms with van der Waals surface area (Å²) in [6.45, 7) is 2.10. The number of piperazine rings is 1. The van der Waals surface area contributed by atoms with Gasteiger partial charge < -0.3 is 4.90 Å². The summed E-state index contributed by atoms with van der Waals surface area (Å²) < 4.78 is 0. The molecule has 1 aromatic heterocycles. The Bertz CT molecular complexity index is 715. The molecule has 2 aromatic rings. The third-order valence-corrected chi connectivity index (χ3v) is 4.93. The van der Waals surface area contributed by atoms with Crippen LogP contribution in [0.5, 0.6) is 0 Å². The van der Waals surface area contributed by atoms with Crippen molar-refractivity contribution >= 4 is 5.82 Å². The van der Waals surface area contributed by atoms with Crippen molar-refractivity contribution in [1.82, 2.24) is 15.1 Å². The molecule has 23 heavy (non-hydrogen) atoms. The molecule has 0 aliphatic carbocycles. The summed E-state index contributed by atoms with van der Waals surface area (Å²) in [6, 6.07) is 15.3. The van der Waals surface area contributed by atoms with Crippen molar-refractivity contribution in [3.05, 3.63) is 53.7 Å². The largest absolute Gasteiger partial charge is 0.352 e. The highest BCUT2D eigenvalue weighted by atomic mass is 15.3. The molecule has 4 nitrogen and oxygen atoms in total. The van der Waals surface area contributed by atoms with Gasteiger partial charge in [-0.25, -0.2) is 0 Å². The number of hydrogen-bond acceptors (Lipinski definition) is 4. The van der Waals surface area contributed by atoms with Crippen molar-refractivity contribution in [3.8, 4) is 11.8 Å². The summed E-state index contributed by atoms with van der Waals surface area (Å²) in [4.78, 5) is 4.88. The Labute approximate surface area is 137 Å². The molecular formula is C19H20N4. The summed E-state index contributed by atoms with van der Waals surface area (Å²) in [7, 11) is 2.24. The molecule has 2 aliphatic heterocycles. The van der Waals surface area contributed by atoms with E-state index in [2.05, 4.69) is 38.9 Å². The lowest BCUT2D eigenvalue weighted by Crippen LogP contribution is -2.52. The third kappa shape index (κ3) is 2.93. The SMILES string of the molecule is CN1[C@@H]2CC[C@H]1CN(c1ccc(C#Cc3ccccc3)nn1)C2. The second-order valence-electron chi connectivity index (χ2n) is 6.35. The molecule has 3 heterocycles. The molecule has 0 N–H and O–H groups in total. The fourth-order valence-electron chi connectivity index (χ4n) is 3.52. The van der Waals surface area contributed by atoms with Gasteiger partial charge in [-0.05, 0) is 50.1 Å². The van der Waals surface area contributed by atoms with Crippen LogP contribution in [0.3, 0.4) is 0 Å². The van der Waals surface area contributed by atoms with Crippen LogP contribution in [0.25, 0.3) is 0 Å². The minimum absolute atomic E-state index is 0.660. The topological polar surface area (TPSA) is 32.3 Å². The van der Waals surface area contributed by atoms with E-state index in [1.165, 1.54) is 12.8 Å². The van der Waals surface area contributed by atoms with Crippen LogP contribution in [0.4, 0.5) is 5.82 Å². The maximum atomic E-state index is 4.39. The Morgan fingerprint density at radius 2 is 1.65 bits per heavy atom. The number of fused-ring (bicyclic) bond motifs is 2. The molecule has 0 spiro atoms. The van der Waals surface area contributed by atoms with E-state index in [1.807, 2.05) is 42.5 Å². The third-order valence-electron chi connectivity index (χ3n) is 4.93. The van der Waals surface area contributed by atoms with Gasteiger partial charge in [0.25, 0.3) is 0 Å². The number of anilines is 1. The number of aromatic nitrogens is 2. The van der Waals surface area contributed by atoms with Crippen LogP contribution in [-0.2, 0) is 0 Å². The molecule has 2 aliphatic rings. The lowest BCUT2D eigenvalue weighted by Gasteiger charge is -2.39. The van der Waals surface area contributed by atoms with Gasteiger partial charge in [-0.15, -0.1) is 10.2 Å². The molecular weight excluding hydrogens is 284 g/mol. The highest BCUT2D eigenvalue weighted by Crippen LogP contribution is 2.30. The van der Waals surface area contributed by atoms with Crippen molar-refractivity contribution in [3.63, 3.8) is 0 Å². The molecule has 2 fully saturated rings. The van der Waals surface area contributed by atoms with Gasteiger partial charge in [0.05, 0.1) is 0 Å². The smallest absolute Gasteiger partial charge is 0.151 e. The van der Waals surface area contributed by atoms with Gasteiger partial charge in [-0.2, -0.15) is 0 Å². The zero-order valence-electron chi connectivity index (χ0n) is 13.3. The quantitative estimate of drug-likeness (QED) is 0.756. The van der Waals surface area contributed by atoms with E-state index < -0.39 is 0 Å². The minimum atomic E-state index is 0.660. The molecule has 0 amide bonds. The first-order chi connectivity index (χ1) is 11.3. The van der Waals surface area contributed by atoms with E-state index in [0.717, 1.165) is 30.2 Å². The number of rotatable bonds is 1. The fraction of sp³-hybridized carbons (Fsp3) is 0.368. The average Bonchev–Trinajstić information content (AvgIpc) is 2.82. The van der Waals surface area contributed by atoms with Crippen LogP contribution in [0, 0.1) is 11.8 Å². The van der Waals surface area contributed by atoms with Gasteiger partial charge in [0, 0.05) is 30.7 Å². The van der Waals surface area contributed by atoms with Crippen molar-refractivity contribution in [2.75, 3.05) is 25.0 Å². The second kappa shape index (κ2) is 6.02. The first-order valence-electron chi connectivity index (χ1n) is 8.17. The molecule has 4 rings (SSSR count). The highest BCUT2D eigenvalue weighted by molar-refractivity contribution is 5.44. The zero-order valence-corrected chi connectivity index (χ0v) is 13.3. The molecule has 0 saturated carbocycles. The van der Waals surface area contributed by atoms with Crippen LogP contribution in [-0.4, -0.2) is 47.3 Å². The van der Waals surface area contributed by atoms with E-state index in [-0.39, 0.29) is 0 Å².